The van der Waals surface area contributed by atoms with Crippen LogP contribution in [0.15, 0.2) is 40.0 Å². The van der Waals surface area contributed by atoms with E-state index in [9.17, 15) is 17.3 Å². The molecule has 1 aromatic carbocycles. The van der Waals surface area contributed by atoms with Crippen molar-refractivity contribution in [3.8, 4) is 0 Å². The normalized spacial score (nSPS) is 21.1. The maximum Gasteiger partial charge on any atom is 0.673 e. The smallest absolute Gasteiger partial charge is 0.418 e. The summed E-state index contributed by atoms with van der Waals surface area (Å²) < 4.78 is 64.4. The lowest BCUT2D eigenvalue weighted by molar-refractivity contribution is -0.578. The van der Waals surface area contributed by atoms with E-state index in [0.717, 1.165) is 3.58 Å². The van der Waals surface area contributed by atoms with E-state index in [1.807, 2.05) is 30.3 Å². The Kier molecular flexibility index (Phi) is 4.30. The predicted octanol–water partition coefficient (Wildman–Crippen LogP) is 1.31. The van der Waals surface area contributed by atoms with Crippen molar-refractivity contribution in [3.05, 3.63) is 43.5 Å². The Balaban J connectivity index is 0.000000347. The molecule has 1 aliphatic carbocycles. The van der Waals surface area contributed by atoms with E-state index in [1.165, 1.54) is 3.57 Å². The SMILES string of the molecule is F[B-](F)(F)F.[2H]C1=C([I+]c2ccccc2)C([2H])([2H])CC1. The number of rotatable bonds is 2. The zero-order valence-corrected chi connectivity index (χ0v) is 10.9. The fourth-order valence-electron chi connectivity index (χ4n) is 1.06. The summed E-state index contributed by atoms with van der Waals surface area (Å²) in [5.74, 6) is 0. The Morgan fingerprint density at radius 3 is 2.24 bits per heavy atom. The van der Waals surface area contributed by atoms with Crippen LogP contribution in [0.1, 0.15) is 23.3 Å². The minimum absolute atomic E-state index is 0.490. The molecule has 0 saturated heterocycles. The van der Waals surface area contributed by atoms with Gasteiger partial charge in [0.15, 0.2) is 7.15 Å². The van der Waals surface area contributed by atoms with Gasteiger partial charge in [-0.3, -0.25) is 0 Å². The molecule has 0 spiro atoms. The molecular weight excluding hydrogens is 346 g/mol. The van der Waals surface area contributed by atoms with E-state index in [0.29, 0.717) is 18.9 Å². The van der Waals surface area contributed by atoms with Gasteiger partial charge in [0.25, 0.3) is 0 Å². The van der Waals surface area contributed by atoms with Gasteiger partial charge in [-0.05, 0) is 31.0 Å². The summed E-state index contributed by atoms with van der Waals surface area (Å²) in [5.41, 5.74) is 0. The highest BCUT2D eigenvalue weighted by molar-refractivity contribution is 6.50. The van der Waals surface area contributed by atoms with Crippen molar-refractivity contribution >= 4 is 7.25 Å². The van der Waals surface area contributed by atoms with Crippen LogP contribution in [-0.2, 0) is 0 Å². The van der Waals surface area contributed by atoms with Crippen molar-refractivity contribution in [3.63, 3.8) is 0 Å². The van der Waals surface area contributed by atoms with Crippen LogP contribution in [0.2, 0.25) is 0 Å². The summed E-state index contributed by atoms with van der Waals surface area (Å²) in [5, 5.41) is 0. The highest BCUT2D eigenvalue weighted by atomic mass is 127. The van der Waals surface area contributed by atoms with Gasteiger partial charge in [-0.15, -0.1) is 0 Å². The zero-order chi connectivity index (χ0) is 15.4. The van der Waals surface area contributed by atoms with E-state index >= 15 is 0 Å². The van der Waals surface area contributed by atoms with Crippen LogP contribution >= 0.6 is 0 Å². The zero-order valence-electron chi connectivity index (χ0n) is 11.8. The topological polar surface area (TPSA) is 0 Å². The Labute approximate surface area is 113 Å². The molecule has 0 saturated carbocycles. The molecule has 2 rings (SSSR count). The van der Waals surface area contributed by atoms with Crippen LogP contribution in [0.25, 0.3) is 0 Å². The maximum absolute atomic E-state index is 9.75. The molecule has 17 heavy (non-hydrogen) atoms. The summed E-state index contributed by atoms with van der Waals surface area (Å²) in [6, 6.07) is 10.5. The Morgan fingerprint density at radius 2 is 1.76 bits per heavy atom. The maximum atomic E-state index is 9.75. The molecule has 0 heterocycles. The lowest BCUT2D eigenvalue weighted by Gasteiger charge is -1.94. The van der Waals surface area contributed by atoms with E-state index in [-0.39, 0.29) is 0 Å². The van der Waals surface area contributed by atoms with Crippen LogP contribution in [0.5, 0.6) is 0 Å². The predicted molar refractivity (Wildman–Crippen MR) is 57.3 cm³/mol. The molecule has 0 nitrogen and oxygen atoms in total. The first-order valence-corrected chi connectivity index (χ1v) is 7.03. The van der Waals surface area contributed by atoms with Crippen LogP contribution in [0.3, 0.4) is 0 Å². The van der Waals surface area contributed by atoms with Crippen LogP contribution in [0.4, 0.5) is 17.3 Å². The van der Waals surface area contributed by atoms with Gasteiger partial charge in [-0.2, -0.15) is 0 Å². The minimum Gasteiger partial charge on any atom is -0.418 e. The van der Waals surface area contributed by atoms with Crippen molar-refractivity contribution in [1.82, 2.24) is 0 Å². The van der Waals surface area contributed by atoms with E-state index < -0.39 is 34.8 Å². The first kappa shape index (κ1) is 10.4. The van der Waals surface area contributed by atoms with Gasteiger partial charge in [0.05, 0.1) is 1.37 Å². The first-order chi connectivity index (χ1) is 9.09. The quantitative estimate of drug-likeness (QED) is 0.424. The van der Waals surface area contributed by atoms with E-state index in [2.05, 4.69) is 0 Å². The molecule has 6 heteroatoms. The van der Waals surface area contributed by atoms with Gasteiger partial charge in [-0.25, -0.2) is 0 Å². The standard InChI is InChI=1S/C11H12I.BF4/c1-2-6-10(7-3-1)12-11-8-4-5-9-11;2-1(3,4)5/h1-3,6-8H,4-5,9H2;/q+1;-1/i8D,9D2;. The van der Waals surface area contributed by atoms with Gasteiger partial charge in [-0.1, -0.05) is 18.2 Å². The second kappa shape index (κ2) is 7.03. The van der Waals surface area contributed by atoms with Crippen LogP contribution < -0.4 is 21.2 Å². The van der Waals surface area contributed by atoms with E-state index in [4.69, 9.17) is 4.11 Å². The molecule has 0 aromatic heterocycles. The monoisotopic (exact) mass is 361 g/mol. The molecule has 0 unspecified atom stereocenters. The van der Waals surface area contributed by atoms with Gasteiger partial charge < -0.3 is 17.3 Å². The first-order valence-electron chi connectivity index (χ1n) is 6.37. The average molecular weight is 361 g/mol. The Morgan fingerprint density at radius 1 is 1.18 bits per heavy atom. The van der Waals surface area contributed by atoms with Crippen LogP contribution in [-0.4, -0.2) is 7.25 Å². The third kappa shape index (κ3) is 8.23. The highest BCUT2D eigenvalue weighted by Crippen LogP contribution is 2.09. The van der Waals surface area contributed by atoms with Gasteiger partial charge >= 0.3 is 28.5 Å². The average Bonchev–Trinajstić information content (AvgIpc) is 2.55. The summed E-state index contributed by atoms with van der Waals surface area (Å²) in [6.07, 6.45) is -0.122. The molecule has 0 N–H and O–H groups in total. The van der Waals surface area contributed by atoms with Crippen molar-refractivity contribution in [1.29, 1.82) is 0 Å². The minimum atomic E-state index is -6.00. The summed E-state index contributed by atoms with van der Waals surface area (Å²) in [7, 11) is -6.00. The molecular formula is C11H12BF4I. The molecule has 1 aromatic rings. The molecule has 0 amide bonds. The summed E-state index contributed by atoms with van der Waals surface area (Å²) in [6.45, 7) is 0. The lowest BCUT2D eigenvalue weighted by Crippen LogP contribution is -3.60. The molecule has 0 aliphatic heterocycles. The number of allylic oxidation sites excluding steroid dienone is 2. The molecule has 0 radical (unpaired) electrons. The number of benzene rings is 1. The largest absolute Gasteiger partial charge is 0.673 e. The van der Waals surface area contributed by atoms with Crippen molar-refractivity contribution < 1.29 is 42.6 Å². The van der Waals surface area contributed by atoms with Gasteiger partial charge in [0.2, 0.25) is 0 Å². The van der Waals surface area contributed by atoms with E-state index in [1.54, 1.807) is 0 Å². The molecule has 0 fully saturated rings. The third-order valence-electron chi connectivity index (χ3n) is 1.62. The second-order valence-electron chi connectivity index (χ2n) is 3.05. The van der Waals surface area contributed by atoms with Crippen molar-refractivity contribution in [2.45, 2.75) is 19.2 Å². The fourth-order valence-corrected chi connectivity index (χ4v) is 3.38. The number of hydrogen-bond donors (Lipinski definition) is 0. The van der Waals surface area contributed by atoms with Gasteiger partial charge in [0.1, 0.15) is 0 Å². The summed E-state index contributed by atoms with van der Waals surface area (Å²) in [4.78, 5) is 0. The molecule has 0 atom stereocenters. The second-order valence-corrected chi connectivity index (χ2v) is 5.92. The fraction of sp³-hybridized carbons (Fsp3) is 0.273. The van der Waals surface area contributed by atoms with Crippen molar-refractivity contribution in [2.24, 2.45) is 0 Å². The molecule has 1 aliphatic rings. The lowest BCUT2D eigenvalue weighted by atomic mass is 10.3. The Bertz CT molecular complexity index is 470. The molecule has 94 valence electrons. The Hall–Kier alpha value is -0.525. The summed E-state index contributed by atoms with van der Waals surface area (Å²) >= 11 is -0.490. The number of halogens is 5. The van der Waals surface area contributed by atoms with Crippen LogP contribution in [0, 0.1) is 3.57 Å². The highest BCUT2D eigenvalue weighted by Gasteiger charge is 2.21. The van der Waals surface area contributed by atoms with Crippen molar-refractivity contribution in [2.75, 3.05) is 0 Å². The third-order valence-corrected chi connectivity index (χ3v) is 4.27. The van der Waals surface area contributed by atoms with Gasteiger partial charge in [0, 0.05) is 9.11 Å². The molecule has 0 bridgehead atoms. The number of hydrogen-bond acceptors (Lipinski definition) is 0.